The smallest absolute Gasteiger partial charge is 0.231 e. The number of Topliss-reactive ketones (excluding diaryl/α,β-unsaturated/α-hetero) is 1. The SMILES string of the molecule is CCOc1cc(/C=C2\Oc3cc(OC)ccc3C2=O)ccc1O. The van der Waals surface area contributed by atoms with Gasteiger partial charge in [-0.2, -0.15) is 0 Å². The Bertz CT molecular complexity index is 792. The molecule has 1 N–H and O–H groups in total. The molecule has 0 aliphatic carbocycles. The number of phenols is 1. The molecule has 2 aromatic rings. The normalized spacial score (nSPS) is 14.5. The maximum absolute atomic E-state index is 12.4. The van der Waals surface area contributed by atoms with Crippen molar-refractivity contribution in [2.24, 2.45) is 0 Å². The van der Waals surface area contributed by atoms with Crippen LogP contribution in [0.3, 0.4) is 0 Å². The van der Waals surface area contributed by atoms with E-state index in [1.165, 1.54) is 6.07 Å². The zero-order valence-electron chi connectivity index (χ0n) is 12.8. The number of carbonyl (C=O) groups is 1. The van der Waals surface area contributed by atoms with Crippen molar-refractivity contribution >= 4 is 11.9 Å². The van der Waals surface area contributed by atoms with Gasteiger partial charge < -0.3 is 19.3 Å². The molecule has 0 amide bonds. The minimum atomic E-state index is -0.186. The predicted molar refractivity (Wildman–Crippen MR) is 85.2 cm³/mol. The first-order valence-corrected chi connectivity index (χ1v) is 7.20. The summed E-state index contributed by atoms with van der Waals surface area (Å²) in [5.41, 5.74) is 1.20. The minimum Gasteiger partial charge on any atom is -0.504 e. The number of rotatable bonds is 4. The summed E-state index contributed by atoms with van der Waals surface area (Å²) in [6.07, 6.45) is 1.62. The molecule has 0 saturated carbocycles. The van der Waals surface area contributed by atoms with Crippen LogP contribution < -0.4 is 14.2 Å². The van der Waals surface area contributed by atoms with Gasteiger partial charge in [-0.25, -0.2) is 0 Å². The second-order valence-corrected chi connectivity index (χ2v) is 4.96. The van der Waals surface area contributed by atoms with Crippen LogP contribution in [0.25, 0.3) is 6.08 Å². The van der Waals surface area contributed by atoms with Gasteiger partial charge in [-0.05, 0) is 42.8 Å². The van der Waals surface area contributed by atoms with Crippen LogP contribution in [0.5, 0.6) is 23.0 Å². The highest BCUT2D eigenvalue weighted by atomic mass is 16.5. The fourth-order valence-electron chi connectivity index (χ4n) is 2.34. The number of ether oxygens (including phenoxy) is 3. The third-order valence-corrected chi connectivity index (χ3v) is 3.46. The van der Waals surface area contributed by atoms with Gasteiger partial charge in [0, 0.05) is 6.07 Å². The number of hydrogen-bond donors (Lipinski definition) is 1. The van der Waals surface area contributed by atoms with Gasteiger partial charge in [-0.1, -0.05) is 6.07 Å². The van der Waals surface area contributed by atoms with E-state index in [-0.39, 0.29) is 17.3 Å². The Labute approximate surface area is 133 Å². The Kier molecular flexibility index (Phi) is 3.93. The molecule has 5 nitrogen and oxygen atoms in total. The highest BCUT2D eigenvalue weighted by molar-refractivity contribution is 6.14. The summed E-state index contributed by atoms with van der Waals surface area (Å²) in [4.78, 5) is 12.4. The first-order valence-electron chi connectivity index (χ1n) is 7.20. The van der Waals surface area contributed by atoms with Gasteiger partial charge in [0.15, 0.2) is 17.3 Å². The van der Waals surface area contributed by atoms with Crippen LogP contribution in [0.15, 0.2) is 42.2 Å². The number of phenolic OH excluding ortho intramolecular Hbond substituents is 1. The zero-order valence-corrected chi connectivity index (χ0v) is 12.8. The lowest BCUT2D eigenvalue weighted by Gasteiger charge is -2.06. The monoisotopic (exact) mass is 312 g/mol. The van der Waals surface area contributed by atoms with Gasteiger partial charge in [0.25, 0.3) is 0 Å². The Hall–Kier alpha value is -2.95. The molecule has 0 fully saturated rings. The summed E-state index contributed by atoms with van der Waals surface area (Å²) in [6, 6.07) is 9.94. The molecule has 0 bridgehead atoms. The van der Waals surface area contributed by atoms with Crippen LogP contribution in [-0.4, -0.2) is 24.6 Å². The number of fused-ring (bicyclic) bond motifs is 1. The maximum atomic E-state index is 12.4. The summed E-state index contributed by atoms with van der Waals surface area (Å²) >= 11 is 0. The Morgan fingerprint density at radius 1 is 1.22 bits per heavy atom. The maximum Gasteiger partial charge on any atom is 0.231 e. The van der Waals surface area contributed by atoms with Crippen molar-refractivity contribution in [3.63, 3.8) is 0 Å². The molecule has 1 aliphatic heterocycles. The summed E-state index contributed by atoms with van der Waals surface area (Å²) in [6.45, 7) is 2.27. The van der Waals surface area contributed by atoms with E-state index in [0.29, 0.717) is 35.0 Å². The van der Waals surface area contributed by atoms with Crippen LogP contribution in [0.1, 0.15) is 22.8 Å². The highest BCUT2D eigenvalue weighted by Crippen LogP contribution is 2.35. The Morgan fingerprint density at radius 3 is 2.78 bits per heavy atom. The summed E-state index contributed by atoms with van der Waals surface area (Å²) in [5, 5.41) is 9.72. The number of hydrogen-bond acceptors (Lipinski definition) is 5. The third-order valence-electron chi connectivity index (χ3n) is 3.46. The molecular weight excluding hydrogens is 296 g/mol. The Morgan fingerprint density at radius 2 is 2.04 bits per heavy atom. The molecule has 0 aromatic heterocycles. The lowest BCUT2D eigenvalue weighted by Crippen LogP contribution is -1.98. The van der Waals surface area contributed by atoms with E-state index < -0.39 is 0 Å². The number of methoxy groups -OCH3 is 1. The van der Waals surface area contributed by atoms with E-state index in [1.54, 1.807) is 43.5 Å². The molecular formula is C18H16O5. The lowest BCUT2D eigenvalue weighted by atomic mass is 10.1. The average Bonchev–Trinajstić information content (AvgIpc) is 2.86. The molecule has 5 heteroatoms. The fraction of sp³-hybridized carbons (Fsp3) is 0.167. The van der Waals surface area contributed by atoms with Gasteiger partial charge in [0.1, 0.15) is 11.5 Å². The van der Waals surface area contributed by atoms with Crippen molar-refractivity contribution in [3.8, 4) is 23.0 Å². The van der Waals surface area contributed by atoms with Crippen molar-refractivity contribution in [2.45, 2.75) is 6.92 Å². The van der Waals surface area contributed by atoms with Gasteiger partial charge in [-0.3, -0.25) is 4.79 Å². The molecule has 118 valence electrons. The van der Waals surface area contributed by atoms with Crippen molar-refractivity contribution in [3.05, 3.63) is 53.3 Å². The standard InChI is InChI=1S/C18H16O5/c1-3-22-16-8-11(4-7-14(16)19)9-17-18(20)13-6-5-12(21-2)10-15(13)23-17/h4-10,19H,3H2,1-2H3/b17-9-. The molecule has 0 saturated heterocycles. The minimum absolute atomic E-state index is 0.0562. The predicted octanol–water partition coefficient (Wildman–Crippen LogP) is 3.42. The summed E-state index contributed by atoms with van der Waals surface area (Å²) in [7, 11) is 1.56. The van der Waals surface area contributed by atoms with Gasteiger partial charge in [-0.15, -0.1) is 0 Å². The molecule has 0 unspecified atom stereocenters. The molecule has 0 radical (unpaired) electrons. The molecule has 0 atom stereocenters. The number of benzene rings is 2. The highest BCUT2D eigenvalue weighted by Gasteiger charge is 2.27. The number of aromatic hydroxyl groups is 1. The van der Waals surface area contributed by atoms with Crippen molar-refractivity contribution < 1.29 is 24.1 Å². The molecule has 2 aromatic carbocycles. The van der Waals surface area contributed by atoms with Crippen LogP contribution in [-0.2, 0) is 0 Å². The molecule has 23 heavy (non-hydrogen) atoms. The van der Waals surface area contributed by atoms with E-state index in [9.17, 15) is 9.90 Å². The second-order valence-electron chi connectivity index (χ2n) is 4.96. The molecule has 3 rings (SSSR count). The zero-order chi connectivity index (χ0) is 16.4. The number of allylic oxidation sites excluding steroid dienone is 1. The van der Waals surface area contributed by atoms with Crippen LogP contribution in [0.2, 0.25) is 0 Å². The first-order chi connectivity index (χ1) is 11.1. The van der Waals surface area contributed by atoms with Crippen molar-refractivity contribution in [1.82, 2.24) is 0 Å². The molecule has 1 aliphatic rings. The summed E-state index contributed by atoms with van der Waals surface area (Å²) in [5.74, 6) is 1.56. The van der Waals surface area contributed by atoms with Crippen LogP contribution in [0.4, 0.5) is 0 Å². The molecule has 1 heterocycles. The molecule has 0 spiro atoms. The first kappa shape index (κ1) is 15.0. The van der Waals surface area contributed by atoms with Gasteiger partial charge in [0.2, 0.25) is 5.78 Å². The quantitative estimate of drug-likeness (QED) is 0.876. The van der Waals surface area contributed by atoms with Crippen LogP contribution >= 0.6 is 0 Å². The van der Waals surface area contributed by atoms with Gasteiger partial charge in [0.05, 0.1) is 19.3 Å². The van der Waals surface area contributed by atoms with E-state index in [1.807, 2.05) is 6.92 Å². The van der Waals surface area contributed by atoms with Crippen LogP contribution in [0, 0.1) is 0 Å². The topological polar surface area (TPSA) is 65.0 Å². The second kappa shape index (κ2) is 6.04. The van der Waals surface area contributed by atoms with E-state index in [4.69, 9.17) is 14.2 Å². The van der Waals surface area contributed by atoms with E-state index in [0.717, 1.165) is 0 Å². The van der Waals surface area contributed by atoms with Gasteiger partial charge >= 0.3 is 0 Å². The number of carbonyl (C=O) groups excluding carboxylic acids is 1. The lowest BCUT2D eigenvalue weighted by molar-refractivity contribution is 0.101. The largest absolute Gasteiger partial charge is 0.504 e. The van der Waals surface area contributed by atoms with Crippen molar-refractivity contribution in [1.29, 1.82) is 0 Å². The summed E-state index contributed by atoms with van der Waals surface area (Å²) < 4.78 is 16.1. The average molecular weight is 312 g/mol. The Balaban J connectivity index is 1.92. The van der Waals surface area contributed by atoms with E-state index in [2.05, 4.69) is 0 Å². The number of ketones is 1. The third kappa shape index (κ3) is 2.85. The van der Waals surface area contributed by atoms with Crippen molar-refractivity contribution in [2.75, 3.05) is 13.7 Å². The fourth-order valence-corrected chi connectivity index (χ4v) is 2.34. The van der Waals surface area contributed by atoms with E-state index >= 15 is 0 Å².